The number of anilines is 1. The fourth-order valence-electron chi connectivity index (χ4n) is 2.07. The van der Waals surface area contributed by atoms with E-state index in [4.69, 9.17) is 4.42 Å². The van der Waals surface area contributed by atoms with E-state index in [0.717, 1.165) is 16.8 Å². The van der Waals surface area contributed by atoms with Crippen LogP contribution in [0.1, 0.15) is 47.1 Å². The van der Waals surface area contributed by atoms with E-state index in [1.165, 1.54) is 6.39 Å². The van der Waals surface area contributed by atoms with Gasteiger partial charge in [-0.15, -0.1) is 0 Å². The van der Waals surface area contributed by atoms with E-state index in [1.807, 2.05) is 39.8 Å². The molecule has 4 heteroatoms. The van der Waals surface area contributed by atoms with Crippen LogP contribution in [-0.4, -0.2) is 10.9 Å². The molecule has 0 bridgehead atoms. The topological polar surface area (TPSA) is 55.1 Å². The van der Waals surface area contributed by atoms with Crippen LogP contribution in [-0.2, 0) is 0 Å². The van der Waals surface area contributed by atoms with Crippen LogP contribution in [0.4, 0.5) is 5.69 Å². The number of amides is 1. The van der Waals surface area contributed by atoms with E-state index in [9.17, 15) is 4.79 Å². The Balaban J connectivity index is 2.23. The Bertz CT molecular complexity index is 580. The molecule has 0 radical (unpaired) electrons. The molecule has 0 saturated heterocycles. The summed E-state index contributed by atoms with van der Waals surface area (Å²) in [7, 11) is 0. The van der Waals surface area contributed by atoms with Gasteiger partial charge in [-0.3, -0.25) is 4.79 Å². The SMILES string of the molecule is Cc1cc(C)cc(NC(=O)c2ocnc2C(C)C)c1. The van der Waals surface area contributed by atoms with Crippen molar-refractivity contribution in [1.29, 1.82) is 0 Å². The number of nitrogens with one attached hydrogen (secondary N) is 1. The van der Waals surface area contributed by atoms with E-state index in [-0.39, 0.29) is 17.6 Å². The zero-order valence-corrected chi connectivity index (χ0v) is 11.7. The van der Waals surface area contributed by atoms with Crippen molar-refractivity contribution in [1.82, 2.24) is 4.98 Å². The highest BCUT2D eigenvalue weighted by molar-refractivity contribution is 6.03. The van der Waals surface area contributed by atoms with E-state index < -0.39 is 0 Å². The highest BCUT2D eigenvalue weighted by atomic mass is 16.3. The largest absolute Gasteiger partial charge is 0.438 e. The third-order valence-electron chi connectivity index (χ3n) is 2.83. The number of hydrogen-bond acceptors (Lipinski definition) is 3. The number of carbonyl (C=O) groups is 1. The lowest BCUT2D eigenvalue weighted by Crippen LogP contribution is -2.14. The van der Waals surface area contributed by atoms with Crippen LogP contribution in [0.2, 0.25) is 0 Å². The van der Waals surface area contributed by atoms with E-state index in [1.54, 1.807) is 0 Å². The van der Waals surface area contributed by atoms with Crippen molar-refractivity contribution in [3.8, 4) is 0 Å². The van der Waals surface area contributed by atoms with Crippen LogP contribution in [0, 0.1) is 13.8 Å². The second-order valence-corrected chi connectivity index (χ2v) is 5.05. The minimum Gasteiger partial charge on any atom is -0.438 e. The normalized spacial score (nSPS) is 10.8. The number of benzene rings is 1. The highest BCUT2D eigenvalue weighted by Crippen LogP contribution is 2.20. The molecule has 100 valence electrons. The molecule has 0 spiro atoms. The van der Waals surface area contributed by atoms with Crippen molar-refractivity contribution in [3.05, 3.63) is 47.2 Å². The summed E-state index contributed by atoms with van der Waals surface area (Å²) in [5, 5.41) is 2.85. The van der Waals surface area contributed by atoms with Crippen molar-refractivity contribution in [2.75, 3.05) is 5.32 Å². The average molecular weight is 258 g/mol. The Morgan fingerprint density at radius 3 is 2.42 bits per heavy atom. The molecular weight excluding hydrogens is 240 g/mol. The molecule has 1 aromatic carbocycles. The molecule has 0 aliphatic rings. The molecule has 1 amide bonds. The van der Waals surface area contributed by atoms with Crippen molar-refractivity contribution in [3.63, 3.8) is 0 Å². The first-order valence-electron chi connectivity index (χ1n) is 6.30. The summed E-state index contributed by atoms with van der Waals surface area (Å²) < 4.78 is 5.20. The maximum absolute atomic E-state index is 12.2. The predicted molar refractivity (Wildman–Crippen MR) is 74.5 cm³/mol. The lowest BCUT2D eigenvalue weighted by atomic mass is 10.1. The molecule has 0 unspecified atom stereocenters. The molecule has 19 heavy (non-hydrogen) atoms. The van der Waals surface area contributed by atoms with Crippen LogP contribution in [0.15, 0.2) is 29.0 Å². The Kier molecular flexibility index (Phi) is 3.69. The van der Waals surface area contributed by atoms with Crippen molar-refractivity contribution >= 4 is 11.6 Å². The number of oxazole rings is 1. The monoisotopic (exact) mass is 258 g/mol. The van der Waals surface area contributed by atoms with Crippen molar-refractivity contribution in [2.45, 2.75) is 33.6 Å². The number of hydrogen-bond donors (Lipinski definition) is 1. The summed E-state index contributed by atoms with van der Waals surface area (Å²) in [6.07, 6.45) is 1.31. The number of rotatable bonds is 3. The predicted octanol–water partition coefficient (Wildman–Crippen LogP) is 3.67. The third kappa shape index (κ3) is 3.02. The first-order valence-corrected chi connectivity index (χ1v) is 6.30. The standard InChI is InChI=1S/C15H18N2O2/c1-9(2)13-14(19-8-16-13)15(18)17-12-6-10(3)5-11(4)7-12/h5-9H,1-4H3,(H,17,18). The van der Waals surface area contributed by atoms with Gasteiger partial charge in [0.2, 0.25) is 5.76 Å². The zero-order chi connectivity index (χ0) is 14.0. The fourth-order valence-corrected chi connectivity index (χ4v) is 2.07. The van der Waals surface area contributed by atoms with Gasteiger partial charge in [-0.25, -0.2) is 4.98 Å². The van der Waals surface area contributed by atoms with Crippen molar-refractivity contribution in [2.24, 2.45) is 0 Å². The number of carbonyl (C=O) groups excluding carboxylic acids is 1. The molecule has 4 nitrogen and oxygen atoms in total. The fraction of sp³-hybridized carbons (Fsp3) is 0.333. The van der Waals surface area contributed by atoms with Crippen LogP contribution in [0.25, 0.3) is 0 Å². The Morgan fingerprint density at radius 1 is 1.21 bits per heavy atom. The Hall–Kier alpha value is -2.10. The summed E-state index contributed by atoms with van der Waals surface area (Å²) in [4.78, 5) is 16.3. The lowest BCUT2D eigenvalue weighted by Gasteiger charge is -2.07. The van der Waals surface area contributed by atoms with Gasteiger partial charge in [0.05, 0.1) is 5.69 Å². The van der Waals surface area contributed by atoms with E-state index in [2.05, 4.69) is 16.4 Å². The zero-order valence-electron chi connectivity index (χ0n) is 11.7. The van der Waals surface area contributed by atoms with Crippen LogP contribution >= 0.6 is 0 Å². The summed E-state index contributed by atoms with van der Waals surface area (Å²) in [6, 6.07) is 5.91. The molecule has 2 rings (SSSR count). The van der Waals surface area contributed by atoms with Gasteiger partial charge in [0.25, 0.3) is 5.91 Å². The first kappa shape index (κ1) is 13.3. The third-order valence-corrected chi connectivity index (χ3v) is 2.83. The molecule has 1 N–H and O–H groups in total. The molecule has 1 aromatic heterocycles. The minimum atomic E-state index is -0.258. The van der Waals surface area contributed by atoms with Crippen LogP contribution in [0.5, 0.6) is 0 Å². The highest BCUT2D eigenvalue weighted by Gasteiger charge is 2.19. The van der Waals surface area contributed by atoms with Gasteiger partial charge in [-0.05, 0) is 43.0 Å². The van der Waals surface area contributed by atoms with Crippen LogP contribution in [0.3, 0.4) is 0 Å². The quantitative estimate of drug-likeness (QED) is 0.913. The molecule has 0 aliphatic heterocycles. The molecule has 2 aromatic rings. The van der Waals surface area contributed by atoms with Gasteiger partial charge in [0.15, 0.2) is 6.39 Å². The lowest BCUT2D eigenvalue weighted by molar-refractivity contribution is 0.0995. The van der Waals surface area contributed by atoms with E-state index in [0.29, 0.717) is 5.69 Å². The molecule has 1 heterocycles. The second-order valence-electron chi connectivity index (χ2n) is 5.05. The maximum Gasteiger partial charge on any atom is 0.293 e. The molecule has 0 saturated carbocycles. The first-order chi connectivity index (χ1) is 8.97. The van der Waals surface area contributed by atoms with Crippen molar-refractivity contribution < 1.29 is 9.21 Å². The number of aromatic nitrogens is 1. The summed E-state index contributed by atoms with van der Waals surface area (Å²) in [5.74, 6) is 0.180. The minimum absolute atomic E-state index is 0.152. The van der Waals surface area contributed by atoms with Crippen LogP contribution < -0.4 is 5.32 Å². The smallest absolute Gasteiger partial charge is 0.293 e. The summed E-state index contributed by atoms with van der Waals surface area (Å²) in [5.41, 5.74) is 3.67. The maximum atomic E-state index is 12.2. The second kappa shape index (κ2) is 5.26. The molecular formula is C15H18N2O2. The van der Waals surface area contributed by atoms with Gasteiger partial charge >= 0.3 is 0 Å². The van der Waals surface area contributed by atoms with Gasteiger partial charge in [0, 0.05) is 5.69 Å². The number of nitrogens with zero attached hydrogens (tertiary/aromatic N) is 1. The van der Waals surface area contributed by atoms with E-state index >= 15 is 0 Å². The molecule has 0 aliphatic carbocycles. The number of aryl methyl sites for hydroxylation is 2. The Labute approximate surface area is 112 Å². The van der Waals surface area contributed by atoms with Gasteiger partial charge in [-0.1, -0.05) is 19.9 Å². The summed E-state index contributed by atoms with van der Waals surface area (Å²) >= 11 is 0. The van der Waals surface area contributed by atoms with Gasteiger partial charge in [-0.2, -0.15) is 0 Å². The molecule has 0 fully saturated rings. The van der Waals surface area contributed by atoms with Gasteiger partial charge < -0.3 is 9.73 Å². The average Bonchev–Trinajstić information content (AvgIpc) is 2.75. The Morgan fingerprint density at radius 2 is 1.84 bits per heavy atom. The van der Waals surface area contributed by atoms with Gasteiger partial charge in [0.1, 0.15) is 0 Å². The molecule has 0 atom stereocenters. The summed E-state index contributed by atoms with van der Waals surface area (Å²) in [6.45, 7) is 7.95.